The van der Waals surface area contributed by atoms with E-state index in [-0.39, 0.29) is 0 Å². The SMILES string of the molecule is [CH]1CC2CC(C1)N2. The van der Waals surface area contributed by atoms with Gasteiger partial charge < -0.3 is 5.32 Å². The van der Waals surface area contributed by atoms with E-state index in [1.54, 1.807) is 0 Å². The molecule has 0 aromatic heterocycles. The summed E-state index contributed by atoms with van der Waals surface area (Å²) in [5.41, 5.74) is 0. The van der Waals surface area contributed by atoms with Gasteiger partial charge in [0, 0.05) is 12.1 Å². The van der Waals surface area contributed by atoms with Crippen LogP contribution in [0.15, 0.2) is 0 Å². The third kappa shape index (κ3) is 0.480. The first-order chi connectivity index (χ1) is 3.45. The summed E-state index contributed by atoms with van der Waals surface area (Å²) in [5, 5.41) is 3.45. The van der Waals surface area contributed by atoms with Crippen molar-refractivity contribution in [3.05, 3.63) is 6.42 Å². The Bertz CT molecular complexity index is 60.7. The van der Waals surface area contributed by atoms with Gasteiger partial charge in [0.05, 0.1) is 0 Å². The van der Waals surface area contributed by atoms with Crippen LogP contribution in [0.3, 0.4) is 0 Å². The fourth-order valence-electron chi connectivity index (χ4n) is 1.48. The average molecular weight is 96.2 g/mol. The number of hydrogen-bond donors (Lipinski definition) is 1. The van der Waals surface area contributed by atoms with Crippen molar-refractivity contribution < 1.29 is 0 Å². The summed E-state index contributed by atoms with van der Waals surface area (Å²) < 4.78 is 0. The largest absolute Gasteiger partial charge is 0.311 e. The van der Waals surface area contributed by atoms with E-state index < -0.39 is 0 Å². The molecule has 3 fully saturated rings. The quantitative estimate of drug-likeness (QED) is 0.468. The number of fused-ring (bicyclic) bond motifs is 2. The number of rotatable bonds is 0. The zero-order chi connectivity index (χ0) is 4.69. The van der Waals surface area contributed by atoms with Crippen molar-refractivity contribution in [2.45, 2.75) is 31.3 Å². The maximum atomic E-state index is 3.45. The summed E-state index contributed by atoms with van der Waals surface area (Å²) in [6.45, 7) is 0. The van der Waals surface area contributed by atoms with Crippen LogP contribution in [0.1, 0.15) is 19.3 Å². The van der Waals surface area contributed by atoms with Crippen LogP contribution in [-0.4, -0.2) is 12.1 Å². The molecule has 0 aromatic carbocycles. The Morgan fingerprint density at radius 2 is 1.86 bits per heavy atom. The smallest absolute Gasteiger partial charge is 0.00872 e. The van der Waals surface area contributed by atoms with E-state index in [0.29, 0.717) is 0 Å². The van der Waals surface area contributed by atoms with Gasteiger partial charge in [-0.25, -0.2) is 0 Å². The topological polar surface area (TPSA) is 12.0 Å². The molecule has 1 saturated carbocycles. The van der Waals surface area contributed by atoms with E-state index >= 15 is 0 Å². The molecule has 2 heterocycles. The standard InChI is InChI=1S/C6H10N/c1-2-5-4-6(3-1)7-5/h1,5-7H,2-4H2. The van der Waals surface area contributed by atoms with Gasteiger partial charge in [0.15, 0.2) is 0 Å². The molecule has 2 bridgehead atoms. The first kappa shape index (κ1) is 3.90. The molecule has 0 amide bonds. The summed E-state index contributed by atoms with van der Waals surface area (Å²) in [5.74, 6) is 0. The highest BCUT2D eigenvalue weighted by atomic mass is 15.0. The highest BCUT2D eigenvalue weighted by molar-refractivity contribution is 4.99. The lowest BCUT2D eigenvalue weighted by molar-refractivity contribution is 0.219. The Balaban J connectivity index is 1.99. The third-order valence-corrected chi connectivity index (χ3v) is 1.94. The van der Waals surface area contributed by atoms with E-state index in [9.17, 15) is 0 Å². The average Bonchev–Trinajstić information content (AvgIpc) is 1.67. The first-order valence-electron chi connectivity index (χ1n) is 3.03. The molecule has 1 heteroatoms. The minimum absolute atomic E-state index is 0.874. The van der Waals surface area contributed by atoms with E-state index in [4.69, 9.17) is 0 Å². The molecular formula is C6H10N. The molecule has 1 N–H and O–H groups in total. The second-order valence-corrected chi connectivity index (χ2v) is 2.56. The summed E-state index contributed by atoms with van der Waals surface area (Å²) in [6.07, 6.45) is 6.47. The molecule has 3 aliphatic rings. The van der Waals surface area contributed by atoms with Crippen molar-refractivity contribution in [1.29, 1.82) is 0 Å². The third-order valence-electron chi connectivity index (χ3n) is 1.94. The van der Waals surface area contributed by atoms with Crippen LogP contribution >= 0.6 is 0 Å². The molecule has 1 aliphatic carbocycles. The van der Waals surface area contributed by atoms with Gasteiger partial charge in [-0.3, -0.25) is 0 Å². The van der Waals surface area contributed by atoms with Crippen LogP contribution in [0, 0.1) is 6.42 Å². The van der Waals surface area contributed by atoms with Gasteiger partial charge in [-0.15, -0.1) is 0 Å². The molecule has 0 spiro atoms. The second kappa shape index (κ2) is 1.22. The van der Waals surface area contributed by atoms with Crippen molar-refractivity contribution in [2.24, 2.45) is 0 Å². The van der Waals surface area contributed by atoms with Crippen LogP contribution in [0.5, 0.6) is 0 Å². The zero-order valence-corrected chi connectivity index (χ0v) is 4.35. The van der Waals surface area contributed by atoms with Crippen LogP contribution in [0.25, 0.3) is 0 Å². The monoisotopic (exact) mass is 96.1 g/mol. The molecule has 2 saturated heterocycles. The van der Waals surface area contributed by atoms with Crippen molar-refractivity contribution in [1.82, 2.24) is 5.32 Å². The van der Waals surface area contributed by atoms with Crippen molar-refractivity contribution in [2.75, 3.05) is 0 Å². The van der Waals surface area contributed by atoms with Crippen molar-refractivity contribution >= 4 is 0 Å². The van der Waals surface area contributed by atoms with Crippen LogP contribution in [0.2, 0.25) is 0 Å². The van der Waals surface area contributed by atoms with Gasteiger partial charge in [-0.1, -0.05) is 0 Å². The second-order valence-electron chi connectivity index (χ2n) is 2.56. The van der Waals surface area contributed by atoms with E-state index in [1.807, 2.05) is 0 Å². The molecule has 0 aromatic rings. The zero-order valence-electron chi connectivity index (χ0n) is 4.35. The Hall–Kier alpha value is -0.0400. The number of hydrogen-bond acceptors (Lipinski definition) is 1. The van der Waals surface area contributed by atoms with Crippen LogP contribution < -0.4 is 5.32 Å². The Morgan fingerprint density at radius 3 is 2.00 bits per heavy atom. The molecule has 2 atom stereocenters. The molecule has 3 rings (SSSR count). The molecule has 1 radical (unpaired) electrons. The molecule has 2 unspecified atom stereocenters. The van der Waals surface area contributed by atoms with Crippen LogP contribution in [-0.2, 0) is 0 Å². The molecular weight excluding hydrogens is 86.1 g/mol. The Labute approximate surface area is 44.1 Å². The van der Waals surface area contributed by atoms with Crippen molar-refractivity contribution in [3.63, 3.8) is 0 Å². The predicted octanol–water partition coefficient (Wildman–Crippen LogP) is 0.715. The summed E-state index contributed by atoms with van der Waals surface area (Å²) in [7, 11) is 0. The molecule has 2 aliphatic heterocycles. The Kier molecular flexibility index (Phi) is 0.680. The lowest BCUT2D eigenvalue weighted by Gasteiger charge is -2.42. The van der Waals surface area contributed by atoms with E-state index in [1.165, 1.54) is 19.3 Å². The van der Waals surface area contributed by atoms with Gasteiger partial charge in [0.2, 0.25) is 0 Å². The van der Waals surface area contributed by atoms with Crippen molar-refractivity contribution in [3.8, 4) is 0 Å². The van der Waals surface area contributed by atoms with Gasteiger partial charge in [0.1, 0.15) is 0 Å². The minimum Gasteiger partial charge on any atom is -0.311 e. The van der Waals surface area contributed by atoms with Gasteiger partial charge in [0.25, 0.3) is 0 Å². The highest BCUT2D eigenvalue weighted by Gasteiger charge is 2.31. The van der Waals surface area contributed by atoms with E-state index in [2.05, 4.69) is 11.7 Å². The maximum Gasteiger partial charge on any atom is 0.00872 e. The number of piperidine rings is 1. The van der Waals surface area contributed by atoms with Gasteiger partial charge in [-0.05, 0) is 25.7 Å². The number of nitrogens with one attached hydrogen (secondary N) is 1. The van der Waals surface area contributed by atoms with Crippen LogP contribution in [0.4, 0.5) is 0 Å². The predicted molar refractivity (Wildman–Crippen MR) is 28.9 cm³/mol. The molecule has 7 heavy (non-hydrogen) atoms. The summed E-state index contributed by atoms with van der Waals surface area (Å²) >= 11 is 0. The maximum absolute atomic E-state index is 3.45. The molecule has 39 valence electrons. The molecule has 1 nitrogen and oxygen atoms in total. The Morgan fingerprint density at radius 1 is 1.29 bits per heavy atom. The minimum atomic E-state index is 0.874. The van der Waals surface area contributed by atoms with Gasteiger partial charge >= 0.3 is 0 Å². The highest BCUT2D eigenvalue weighted by Crippen LogP contribution is 2.26. The summed E-state index contributed by atoms with van der Waals surface area (Å²) in [4.78, 5) is 0. The fourth-order valence-corrected chi connectivity index (χ4v) is 1.48. The van der Waals surface area contributed by atoms with E-state index in [0.717, 1.165) is 12.1 Å². The first-order valence-corrected chi connectivity index (χ1v) is 3.03. The van der Waals surface area contributed by atoms with Gasteiger partial charge in [-0.2, -0.15) is 0 Å². The summed E-state index contributed by atoms with van der Waals surface area (Å²) in [6, 6.07) is 1.75. The lowest BCUT2D eigenvalue weighted by atomic mass is 9.83. The normalized spacial score (nSPS) is 48.0. The lowest BCUT2D eigenvalue weighted by Crippen LogP contribution is -2.55. The fraction of sp³-hybridized carbons (Fsp3) is 0.833.